The Kier molecular flexibility index (Phi) is 6.56. The largest absolute Gasteiger partial charge is 0.354 e. The van der Waals surface area contributed by atoms with Crippen LogP contribution in [0.1, 0.15) is 43.3 Å². The van der Waals surface area contributed by atoms with Gasteiger partial charge < -0.3 is 10.6 Å². The van der Waals surface area contributed by atoms with E-state index in [-0.39, 0.29) is 11.8 Å². The molecule has 5 heteroatoms. The van der Waals surface area contributed by atoms with Gasteiger partial charge >= 0.3 is 0 Å². The highest BCUT2D eigenvalue weighted by Crippen LogP contribution is 2.08. The van der Waals surface area contributed by atoms with Crippen LogP contribution in [0.5, 0.6) is 0 Å². The molecule has 0 aliphatic carbocycles. The average molecular weight is 282 g/mol. The van der Waals surface area contributed by atoms with Gasteiger partial charge in [0.1, 0.15) is 6.04 Å². The highest BCUT2D eigenvalue weighted by Gasteiger charge is 2.16. The summed E-state index contributed by atoms with van der Waals surface area (Å²) in [6.07, 6.45) is 2.06. The molecular weight excluding hydrogens is 260 g/mol. The van der Waals surface area contributed by atoms with Crippen LogP contribution in [0.25, 0.3) is 0 Å². The zero-order valence-electron chi connectivity index (χ0n) is 11.7. The molecule has 19 heavy (non-hydrogen) atoms. The molecule has 0 spiro atoms. The van der Waals surface area contributed by atoms with E-state index in [0.29, 0.717) is 17.3 Å². The predicted molar refractivity (Wildman–Crippen MR) is 78.3 cm³/mol. The zero-order chi connectivity index (χ0) is 14.3. The highest BCUT2D eigenvalue weighted by atomic mass is 32.1. The summed E-state index contributed by atoms with van der Waals surface area (Å²) in [6, 6.07) is 3.05. The molecule has 0 aliphatic rings. The fourth-order valence-electron chi connectivity index (χ4n) is 1.62. The smallest absolute Gasteiger partial charge is 0.261 e. The topological polar surface area (TPSA) is 58.2 Å². The zero-order valence-corrected chi connectivity index (χ0v) is 12.5. The van der Waals surface area contributed by atoms with Crippen molar-refractivity contribution in [2.45, 2.75) is 39.7 Å². The average Bonchev–Trinajstić information content (AvgIpc) is 2.87. The van der Waals surface area contributed by atoms with E-state index in [4.69, 9.17) is 0 Å². The van der Waals surface area contributed by atoms with Crippen molar-refractivity contribution in [3.8, 4) is 0 Å². The second kappa shape index (κ2) is 7.94. The molecule has 0 aromatic carbocycles. The van der Waals surface area contributed by atoms with E-state index in [2.05, 4.69) is 24.5 Å². The van der Waals surface area contributed by atoms with Crippen molar-refractivity contribution in [3.63, 3.8) is 0 Å². The third-order valence-corrected chi connectivity index (χ3v) is 3.61. The molecule has 1 rings (SSSR count). The fourth-order valence-corrected chi connectivity index (χ4v) is 2.24. The molecule has 106 valence electrons. The van der Waals surface area contributed by atoms with Crippen LogP contribution in [-0.2, 0) is 4.79 Å². The molecular formula is C14H22N2O2S. The van der Waals surface area contributed by atoms with Crippen LogP contribution >= 0.6 is 11.3 Å². The molecule has 0 radical (unpaired) electrons. The molecule has 1 unspecified atom stereocenters. The Bertz CT molecular complexity index is 402. The molecule has 1 aromatic rings. The summed E-state index contributed by atoms with van der Waals surface area (Å²) in [4.78, 5) is 24.2. The van der Waals surface area contributed by atoms with E-state index >= 15 is 0 Å². The summed E-state index contributed by atoms with van der Waals surface area (Å²) in [6.45, 7) is 6.68. The van der Waals surface area contributed by atoms with Gasteiger partial charge in [-0.2, -0.15) is 0 Å². The first-order chi connectivity index (χ1) is 9.00. The van der Waals surface area contributed by atoms with E-state index in [9.17, 15) is 9.59 Å². The summed E-state index contributed by atoms with van der Waals surface area (Å²) in [5.74, 6) is 0.321. The van der Waals surface area contributed by atoms with Crippen LogP contribution in [-0.4, -0.2) is 24.4 Å². The normalized spacial score (nSPS) is 12.2. The van der Waals surface area contributed by atoms with Crippen LogP contribution in [0.15, 0.2) is 17.5 Å². The number of rotatable bonds is 7. The van der Waals surface area contributed by atoms with Crippen molar-refractivity contribution in [1.29, 1.82) is 0 Å². The van der Waals surface area contributed by atoms with Gasteiger partial charge in [-0.1, -0.05) is 19.9 Å². The summed E-state index contributed by atoms with van der Waals surface area (Å²) in [5, 5.41) is 7.37. The molecule has 0 aliphatic heterocycles. The van der Waals surface area contributed by atoms with Gasteiger partial charge in [0.15, 0.2) is 0 Å². The number of hydrogen-bond donors (Lipinski definition) is 2. The molecule has 1 atom stereocenters. The van der Waals surface area contributed by atoms with Gasteiger partial charge in [-0.05, 0) is 37.1 Å². The van der Waals surface area contributed by atoms with Crippen molar-refractivity contribution < 1.29 is 9.59 Å². The summed E-state index contributed by atoms with van der Waals surface area (Å²) in [5.41, 5.74) is 0. The highest BCUT2D eigenvalue weighted by molar-refractivity contribution is 7.12. The number of nitrogens with one attached hydrogen (secondary N) is 2. The SMILES string of the molecule is CC(C)CCCNC(=O)C(C)NC(=O)c1cccs1. The first-order valence-corrected chi connectivity index (χ1v) is 7.50. The van der Waals surface area contributed by atoms with Gasteiger partial charge in [0.2, 0.25) is 5.91 Å². The maximum atomic E-state index is 11.8. The van der Waals surface area contributed by atoms with Crippen molar-refractivity contribution in [1.82, 2.24) is 10.6 Å². The lowest BCUT2D eigenvalue weighted by atomic mass is 10.1. The maximum absolute atomic E-state index is 11.8. The number of amides is 2. The summed E-state index contributed by atoms with van der Waals surface area (Å²) < 4.78 is 0. The van der Waals surface area contributed by atoms with Crippen LogP contribution < -0.4 is 10.6 Å². The summed E-state index contributed by atoms with van der Waals surface area (Å²) >= 11 is 1.37. The Morgan fingerprint density at radius 2 is 2.05 bits per heavy atom. The number of carbonyl (C=O) groups is 2. The van der Waals surface area contributed by atoms with Crippen molar-refractivity contribution in [2.75, 3.05) is 6.54 Å². The Hall–Kier alpha value is -1.36. The van der Waals surface area contributed by atoms with Crippen molar-refractivity contribution in [2.24, 2.45) is 5.92 Å². The van der Waals surface area contributed by atoms with Crippen molar-refractivity contribution in [3.05, 3.63) is 22.4 Å². The molecule has 0 bridgehead atoms. The van der Waals surface area contributed by atoms with Crippen LogP contribution in [0.4, 0.5) is 0 Å². The molecule has 2 amide bonds. The monoisotopic (exact) mass is 282 g/mol. The second-order valence-corrected chi connectivity index (χ2v) is 5.95. The minimum absolute atomic E-state index is 0.131. The Morgan fingerprint density at radius 3 is 2.63 bits per heavy atom. The van der Waals surface area contributed by atoms with E-state index in [0.717, 1.165) is 12.8 Å². The number of hydrogen-bond acceptors (Lipinski definition) is 3. The van der Waals surface area contributed by atoms with E-state index in [1.807, 2.05) is 11.4 Å². The Balaban J connectivity index is 2.27. The molecule has 1 aromatic heterocycles. The minimum Gasteiger partial charge on any atom is -0.354 e. The fraction of sp³-hybridized carbons (Fsp3) is 0.571. The van der Waals surface area contributed by atoms with Gasteiger partial charge in [-0.3, -0.25) is 9.59 Å². The molecule has 2 N–H and O–H groups in total. The predicted octanol–water partition coefficient (Wildman–Crippen LogP) is 2.42. The Morgan fingerprint density at radius 1 is 1.32 bits per heavy atom. The number of carbonyl (C=O) groups excluding carboxylic acids is 2. The van der Waals surface area contributed by atoms with E-state index in [1.54, 1.807) is 13.0 Å². The third-order valence-electron chi connectivity index (χ3n) is 2.74. The molecule has 1 heterocycles. The van der Waals surface area contributed by atoms with E-state index in [1.165, 1.54) is 11.3 Å². The second-order valence-electron chi connectivity index (χ2n) is 5.00. The standard InChI is InChI=1S/C14H22N2O2S/c1-10(2)6-4-8-15-13(17)11(3)16-14(18)12-7-5-9-19-12/h5,7,9-11H,4,6,8H2,1-3H3,(H,15,17)(H,16,18). The third kappa shape index (κ3) is 5.87. The summed E-state index contributed by atoms with van der Waals surface area (Å²) in [7, 11) is 0. The lowest BCUT2D eigenvalue weighted by Crippen LogP contribution is -2.44. The maximum Gasteiger partial charge on any atom is 0.261 e. The first kappa shape index (κ1) is 15.7. The van der Waals surface area contributed by atoms with Gasteiger partial charge in [0.05, 0.1) is 4.88 Å². The lowest BCUT2D eigenvalue weighted by molar-refractivity contribution is -0.122. The van der Waals surface area contributed by atoms with E-state index < -0.39 is 6.04 Å². The van der Waals surface area contributed by atoms with Crippen molar-refractivity contribution >= 4 is 23.2 Å². The number of thiophene rings is 1. The van der Waals surface area contributed by atoms with Crippen LogP contribution in [0, 0.1) is 5.92 Å². The molecule has 0 saturated heterocycles. The van der Waals surface area contributed by atoms with Gasteiger partial charge in [-0.25, -0.2) is 0 Å². The molecule has 0 saturated carbocycles. The molecule has 0 fully saturated rings. The minimum atomic E-state index is -0.506. The van der Waals surface area contributed by atoms with Gasteiger partial charge in [0.25, 0.3) is 5.91 Å². The Labute approximate surface area is 118 Å². The van der Waals surface area contributed by atoms with Gasteiger partial charge in [-0.15, -0.1) is 11.3 Å². The molecule has 4 nitrogen and oxygen atoms in total. The van der Waals surface area contributed by atoms with Crippen LogP contribution in [0.2, 0.25) is 0 Å². The van der Waals surface area contributed by atoms with Crippen LogP contribution in [0.3, 0.4) is 0 Å². The first-order valence-electron chi connectivity index (χ1n) is 6.62. The lowest BCUT2D eigenvalue weighted by Gasteiger charge is -2.13. The quantitative estimate of drug-likeness (QED) is 0.755. The van der Waals surface area contributed by atoms with Gasteiger partial charge in [0, 0.05) is 6.54 Å².